The zero-order valence-corrected chi connectivity index (χ0v) is 34.4. The maximum Gasteiger partial charge on any atom is 0.261 e. The van der Waals surface area contributed by atoms with E-state index in [-0.39, 0.29) is 32.0 Å². The molecule has 0 spiro atoms. The molecule has 19 nitrogen and oxygen atoms in total. The summed E-state index contributed by atoms with van der Waals surface area (Å²) >= 11 is 0. The number of nitrogens with zero attached hydrogens (tertiary/aromatic N) is 2. The molecule has 56 heavy (non-hydrogen) atoms. The lowest BCUT2D eigenvalue weighted by Gasteiger charge is -2.34. The lowest BCUT2D eigenvalue weighted by Crippen LogP contribution is -2.61. The summed E-state index contributed by atoms with van der Waals surface area (Å²) in [6.45, 7) is 11.3. The molecule has 0 saturated carbocycles. The number of rotatable bonds is 21. The Labute approximate surface area is 330 Å². The molecular formula is C35H60BN8O11P. The van der Waals surface area contributed by atoms with E-state index in [4.69, 9.17) is 13.3 Å². The third-order valence-electron chi connectivity index (χ3n) is 10.1. The maximum absolute atomic E-state index is 14.3. The number of carbonyl (C=O) groups is 8. The SMILES string of the molecule is [B]P(=O)(O)OC[C@H](NC(C)=O)C(=O)N[C@H](C(=O)N[C@H](C(=O)N1CCC[C@H]1C(=O)N[C@@H](CC(C)C)C(=O)N1CCC[C@H]1C(=O)NCC(N)=O)[C@@H](C)CC)[C@@H](C)CC. The van der Waals surface area contributed by atoms with Crippen molar-refractivity contribution in [2.75, 3.05) is 26.2 Å². The van der Waals surface area contributed by atoms with Crippen LogP contribution in [-0.4, -0.2) is 132 Å². The predicted molar refractivity (Wildman–Crippen MR) is 205 cm³/mol. The third-order valence-corrected chi connectivity index (χ3v) is 10.6. The first-order valence-corrected chi connectivity index (χ1v) is 20.9. The quantitative estimate of drug-likeness (QED) is 0.0543. The molecule has 0 bridgehead atoms. The Kier molecular flexibility index (Phi) is 19.0. The average Bonchev–Trinajstić information content (AvgIpc) is 3.82. The van der Waals surface area contributed by atoms with Crippen molar-refractivity contribution in [1.82, 2.24) is 36.4 Å². The summed E-state index contributed by atoms with van der Waals surface area (Å²) in [5, 5.41) is 13.0. The Hall–Kier alpha value is -4.03. The van der Waals surface area contributed by atoms with Gasteiger partial charge in [-0.2, -0.15) is 0 Å². The highest BCUT2D eigenvalue weighted by molar-refractivity contribution is 7.78. The molecule has 8 amide bonds. The highest BCUT2D eigenvalue weighted by Crippen LogP contribution is 2.35. The van der Waals surface area contributed by atoms with Gasteiger partial charge in [0.15, 0.2) is 0 Å². The van der Waals surface area contributed by atoms with Crippen LogP contribution in [0.1, 0.15) is 93.4 Å². The molecule has 2 aliphatic rings. The van der Waals surface area contributed by atoms with Crippen molar-refractivity contribution in [3.05, 3.63) is 0 Å². The summed E-state index contributed by atoms with van der Waals surface area (Å²) < 4.78 is 16.2. The number of nitrogens with one attached hydrogen (secondary N) is 5. The smallest absolute Gasteiger partial charge is 0.261 e. The van der Waals surface area contributed by atoms with Gasteiger partial charge in [0.2, 0.25) is 54.8 Å². The van der Waals surface area contributed by atoms with Gasteiger partial charge in [-0.1, -0.05) is 54.4 Å². The molecular weight excluding hydrogens is 750 g/mol. The van der Waals surface area contributed by atoms with E-state index in [0.29, 0.717) is 38.5 Å². The van der Waals surface area contributed by atoms with Gasteiger partial charge in [0.1, 0.15) is 36.3 Å². The molecule has 314 valence electrons. The number of primary amides is 1. The van der Waals surface area contributed by atoms with Crippen LogP contribution in [0, 0.1) is 17.8 Å². The third kappa shape index (κ3) is 14.5. The summed E-state index contributed by atoms with van der Waals surface area (Å²) in [5.41, 5.74) is 5.16. The van der Waals surface area contributed by atoms with E-state index in [9.17, 15) is 47.8 Å². The highest BCUT2D eigenvalue weighted by Gasteiger charge is 2.43. The number of amides is 8. The van der Waals surface area contributed by atoms with Crippen molar-refractivity contribution in [3.8, 4) is 0 Å². The van der Waals surface area contributed by atoms with E-state index in [0.717, 1.165) is 6.92 Å². The van der Waals surface area contributed by atoms with Gasteiger partial charge in [0.05, 0.1) is 13.2 Å². The van der Waals surface area contributed by atoms with Crippen LogP contribution in [0.4, 0.5) is 0 Å². The van der Waals surface area contributed by atoms with Crippen molar-refractivity contribution in [1.29, 1.82) is 0 Å². The minimum Gasteiger partial charge on any atom is -0.368 e. The van der Waals surface area contributed by atoms with Crippen LogP contribution < -0.4 is 32.3 Å². The predicted octanol–water partition coefficient (Wildman–Crippen LogP) is -1.05. The minimum atomic E-state index is -4.51. The summed E-state index contributed by atoms with van der Waals surface area (Å²) in [6, 6.07) is -6.61. The first-order valence-electron chi connectivity index (χ1n) is 19.2. The first-order chi connectivity index (χ1) is 26.1. The second-order valence-corrected chi connectivity index (χ2v) is 16.5. The van der Waals surface area contributed by atoms with Crippen molar-refractivity contribution in [3.63, 3.8) is 0 Å². The van der Waals surface area contributed by atoms with Gasteiger partial charge in [0.25, 0.3) is 7.47 Å². The lowest BCUT2D eigenvalue weighted by molar-refractivity contribution is -0.145. The Morgan fingerprint density at radius 1 is 0.786 bits per heavy atom. The van der Waals surface area contributed by atoms with E-state index in [1.54, 1.807) is 20.8 Å². The van der Waals surface area contributed by atoms with Crippen LogP contribution in [0.3, 0.4) is 0 Å². The van der Waals surface area contributed by atoms with Crippen LogP contribution >= 0.6 is 7.47 Å². The number of nitrogens with two attached hydrogens (primary N) is 1. The highest BCUT2D eigenvalue weighted by atomic mass is 31.2. The molecule has 8 N–H and O–H groups in total. The van der Waals surface area contributed by atoms with Crippen LogP contribution in [0.25, 0.3) is 0 Å². The molecule has 9 atom stereocenters. The minimum absolute atomic E-state index is 0.0302. The number of hydrogen-bond acceptors (Lipinski definition) is 10. The fourth-order valence-electron chi connectivity index (χ4n) is 6.73. The van der Waals surface area contributed by atoms with E-state index in [1.165, 1.54) is 9.80 Å². The Morgan fingerprint density at radius 3 is 1.80 bits per heavy atom. The molecule has 2 radical (unpaired) electrons. The van der Waals surface area contributed by atoms with Crippen LogP contribution in [-0.2, 0) is 47.4 Å². The van der Waals surface area contributed by atoms with Crippen LogP contribution in [0.5, 0.6) is 0 Å². The maximum atomic E-state index is 14.3. The van der Waals surface area contributed by atoms with Gasteiger partial charge in [0, 0.05) is 20.0 Å². The van der Waals surface area contributed by atoms with Gasteiger partial charge < -0.3 is 51.5 Å². The van der Waals surface area contributed by atoms with E-state index in [1.807, 2.05) is 20.8 Å². The molecule has 2 saturated heterocycles. The zero-order chi connectivity index (χ0) is 42.5. The Bertz CT molecular complexity index is 1500. The Balaban J connectivity index is 2.30. The monoisotopic (exact) mass is 810 g/mol. The largest absolute Gasteiger partial charge is 0.368 e. The Morgan fingerprint density at radius 2 is 1.30 bits per heavy atom. The molecule has 0 aromatic rings. The molecule has 0 aliphatic carbocycles. The molecule has 1 unspecified atom stereocenters. The van der Waals surface area contributed by atoms with E-state index in [2.05, 4.69) is 31.1 Å². The van der Waals surface area contributed by atoms with Gasteiger partial charge in [-0.15, -0.1) is 0 Å². The molecule has 2 rings (SSSR count). The van der Waals surface area contributed by atoms with Gasteiger partial charge >= 0.3 is 0 Å². The molecule has 21 heteroatoms. The second kappa shape index (κ2) is 22.1. The molecule has 0 aromatic heterocycles. The zero-order valence-electron chi connectivity index (χ0n) is 33.5. The number of carbonyl (C=O) groups excluding carboxylic acids is 8. The number of hydrogen-bond donors (Lipinski definition) is 7. The molecule has 2 aliphatic heterocycles. The molecule has 2 heterocycles. The second-order valence-electron chi connectivity index (χ2n) is 15.1. The fourth-order valence-corrected chi connectivity index (χ4v) is 7.09. The number of likely N-dealkylation sites (tertiary alicyclic amines) is 2. The molecule has 2 fully saturated rings. The van der Waals surface area contributed by atoms with Crippen LogP contribution in [0.2, 0.25) is 0 Å². The average molecular weight is 811 g/mol. The summed E-state index contributed by atoms with van der Waals surface area (Å²) in [5.74, 6) is -5.96. The van der Waals surface area contributed by atoms with Crippen molar-refractivity contribution < 1.29 is 52.3 Å². The first kappa shape index (κ1) is 48.1. The topological polar surface area (TPSA) is 276 Å². The van der Waals surface area contributed by atoms with Crippen molar-refractivity contribution in [2.24, 2.45) is 23.5 Å². The van der Waals surface area contributed by atoms with Crippen molar-refractivity contribution in [2.45, 2.75) is 130 Å². The normalized spacial score (nSPS) is 21.1. The summed E-state index contributed by atoms with van der Waals surface area (Å²) in [6.07, 6.45) is 2.82. The van der Waals surface area contributed by atoms with E-state index < -0.39 is 109 Å². The summed E-state index contributed by atoms with van der Waals surface area (Å²) in [7, 11) is 0.517. The molecule has 0 aromatic carbocycles. The van der Waals surface area contributed by atoms with Gasteiger partial charge in [-0.3, -0.25) is 42.9 Å². The van der Waals surface area contributed by atoms with Crippen molar-refractivity contribution >= 4 is 62.3 Å². The lowest BCUT2D eigenvalue weighted by atomic mass is 9.94. The van der Waals surface area contributed by atoms with E-state index >= 15 is 0 Å². The van der Waals surface area contributed by atoms with Crippen LogP contribution in [0.15, 0.2) is 0 Å². The fraction of sp³-hybridized carbons (Fsp3) is 0.771. The van der Waals surface area contributed by atoms with Gasteiger partial charge in [-0.05, 0) is 49.9 Å². The summed E-state index contributed by atoms with van der Waals surface area (Å²) in [4.78, 5) is 117. The van der Waals surface area contributed by atoms with Gasteiger partial charge in [-0.25, -0.2) is 0 Å². The standard InChI is InChI=1S/C35H60BN8O11P/c1-8-20(5)28(41-30(47)24(39-22(7)45)18-55-56(36,53)54)33(50)42-29(21(6)9-2)35(52)44-15-11-13-26(44)32(49)40-23(16-19(3)4)34(51)43-14-10-12-25(43)31(48)38-17-27(37)46/h19-21,23-26,28-29H,8-18H2,1-7H3,(H2,37,46)(H,38,48)(H,39,45)(H,40,49)(H,41,47)(H,42,50)(H,53,54)/t20-,21-,23-,24-,25-,26-,28-,29-/m0/s1.